The first kappa shape index (κ1) is 22.8. The summed E-state index contributed by atoms with van der Waals surface area (Å²) in [7, 11) is 1.60. The van der Waals surface area contributed by atoms with Crippen molar-refractivity contribution in [3.63, 3.8) is 0 Å². The fraction of sp³-hybridized carbons (Fsp3) is 0.208. The predicted molar refractivity (Wildman–Crippen MR) is 126 cm³/mol. The lowest BCUT2D eigenvalue weighted by atomic mass is 10.2. The molecule has 2 aromatic carbocycles. The molecule has 1 aromatic heterocycles. The zero-order valence-electron chi connectivity index (χ0n) is 18.2. The van der Waals surface area contributed by atoms with E-state index in [1.54, 1.807) is 48.7 Å². The van der Waals surface area contributed by atoms with Crippen LogP contribution in [0, 0.1) is 6.92 Å². The minimum absolute atomic E-state index is 0.264. The average Bonchev–Trinajstić information content (AvgIpc) is 2.80. The number of hydrogen-bond donors (Lipinski definition) is 3. The zero-order valence-corrected chi connectivity index (χ0v) is 18.2. The van der Waals surface area contributed by atoms with Crippen molar-refractivity contribution in [3.8, 4) is 0 Å². The van der Waals surface area contributed by atoms with E-state index in [0.29, 0.717) is 36.8 Å². The third kappa shape index (κ3) is 6.82. The number of hydrogen-bond acceptors (Lipinski definition) is 4. The highest BCUT2D eigenvalue weighted by molar-refractivity contribution is 6.00. The molecule has 3 N–H and O–H groups in total. The first-order valence-corrected chi connectivity index (χ1v) is 10.2. The van der Waals surface area contributed by atoms with E-state index >= 15 is 0 Å². The molecule has 8 nitrogen and oxygen atoms in total. The van der Waals surface area contributed by atoms with Crippen LogP contribution in [0.2, 0.25) is 0 Å². The number of aryl methyl sites for hydroxylation is 1. The van der Waals surface area contributed by atoms with Gasteiger partial charge in [-0.2, -0.15) is 0 Å². The Kier molecular flexibility index (Phi) is 8.16. The maximum atomic E-state index is 13.0. The summed E-state index contributed by atoms with van der Waals surface area (Å²) in [6.07, 6.45) is 3.42. The van der Waals surface area contributed by atoms with Crippen LogP contribution in [0.3, 0.4) is 0 Å². The Morgan fingerprint density at radius 3 is 2.47 bits per heavy atom. The smallest absolute Gasteiger partial charge is 0.323 e. The van der Waals surface area contributed by atoms with Gasteiger partial charge in [0.15, 0.2) is 0 Å². The molecule has 0 unspecified atom stereocenters. The van der Waals surface area contributed by atoms with Gasteiger partial charge in [0.1, 0.15) is 0 Å². The van der Waals surface area contributed by atoms with Gasteiger partial charge >= 0.3 is 12.1 Å². The predicted octanol–water partition coefficient (Wildman–Crippen LogP) is 4.71. The molecule has 0 saturated carbocycles. The average molecular weight is 434 g/mol. The van der Waals surface area contributed by atoms with E-state index in [0.717, 1.165) is 11.1 Å². The molecule has 166 valence electrons. The lowest BCUT2D eigenvalue weighted by Gasteiger charge is -2.23. The van der Waals surface area contributed by atoms with Crippen molar-refractivity contribution in [1.82, 2.24) is 9.88 Å². The van der Waals surface area contributed by atoms with Gasteiger partial charge in [-0.15, -0.1) is 0 Å². The first-order valence-electron chi connectivity index (χ1n) is 10.2. The molecular formula is C24H27N5O3. The van der Waals surface area contributed by atoms with Gasteiger partial charge in [-0.05, 0) is 48.4 Å². The van der Waals surface area contributed by atoms with Gasteiger partial charge in [0, 0.05) is 49.7 Å². The van der Waals surface area contributed by atoms with Gasteiger partial charge in [0.2, 0.25) is 0 Å². The molecule has 8 heteroatoms. The van der Waals surface area contributed by atoms with Crippen LogP contribution >= 0.6 is 0 Å². The third-order valence-electron chi connectivity index (χ3n) is 4.72. The normalized spacial score (nSPS) is 10.3. The number of anilines is 3. The highest BCUT2D eigenvalue weighted by Crippen LogP contribution is 2.21. The molecule has 0 bridgehead atoms. The van der Waals surface area contributed by atoms with E-state index in [1.807, 2.05) is 43.3 Å². The van der Waals surface area contributed by atoms with Crippen molar-refractivity contribution in [2.24, 2.45) is 0 Å². The van der Waals surface area contributed by atoms with Crippen molar-refractivity contribution in [2.45, 2.75) is 13.5 Å². The number of ether oxygens (including phenoxy) is 1. The molecule has 3 rings (SSSR count). The van der Waals surface area contributed by atoms with E-state index in [4.69, 9.17) is 4.74 Å². The second kappa shape index (κ2) is 11.5. The Bertz CT molecular complexity index is 1030. The van der Waals surface area contributed by atoms with Gasteiger partial charge in [-0.1, -0.05) is 30.3 Å². The highest BCUT2D eigenvalue weighted by atomic mass is 16.5. The third-order valence-corrected chi connectivity index (χ3v) is 4.72. The van der Waals surface area contributed by atoms with E-state index < -0.39 is 0 Å². The van der Waals surface area contributed by atoms with Gasteiger partial charge in [0.25, 0.3) is 0 Å². The van der Waals surface area contributed by atoms with Crippen LogP contribution < -0.4 is 16.0 Å². The Labute approximate surface area is 187 Å². The number of pyridine rings is 1. The summed E-state index contributed by atoms with van der Waals surface area (Å²) in [6, 6.07) is 17.7. The fourth-order valence-corrected chi connectivity index (χ4v) is 3.01. The van der Waals surface area contributed by atoms with Crippen LogP contribution in [0.15, 0.2) is 73.1 Å². The maximum Gasteiger partial charge on any atom is 0.323 e. The minimum atomic E-state index is -0.365. The van der Waals surface area contributed by atoms with Gasteiger partial charge in [0.05, 0.1) is 6.61 Å². The SMILES string of the molecule is COCCN(Cc1cccnc1)C(=O)Nc1cc(NC(=O)Nc2ccccc2)ccc1C. The van der Waals surface area contributed by atoms with Crippen LogP contribution in [-0.4, -0.2) is 42.2 Å². The van der Waals surface area contributed by atoms with Crippen molar-refractivity contribution in [1.29, 1.82) is 0 Å². The number of aromatic nitrogens is 1. The van der Waals surface area contributed by atoms with Crippen LogP contribution in [0.25, 0.3) is 0 Å². The molecule has 0 aliphatic carbocycles. The molecular weight excluding hydrogens is 406 g/mol. The van der Waals surface area contributed by atoms with Crippen LogP contribution in [0.4, 0.5) is 26.7 Å². The molecule has 3 aromatic rings. The van der Waals surface area contributed by atoms with Crippen molar-refractivity contribution >= 4 is 29.1 Å². The molecule has 0 aliphatic rings. The molecule has 4 amide bonds. The molecule has 0 aliphatic heterocycles. The van der Waals surface area contributed by atoms with Gasteiger partial charge in [-0.25, -0.2) is 9.59 Å². The molecule has 0 radical (unpaired) electrons. The van der Waals surface area contributed by atoms with E-state index in [9.17, 15) is 9.59 Å². The van der Waals surface area contributed by atoms with E-state index in [1.165, 1.54) is 0 Å². The summed E-state index contributed by atoms with van der Waals surface area (Å²) in [4.78, 5) is 31.0. The summed E-state index contributed by atoms with van der Waals surface area (Å²) in [5, 5.41) is 8.50. The topological polar surface area (TPSA) is 95.6 Å². The highest BCUT2D eigenvalue weighted by Gasteiger charge is 2.16. The van der Waals surface area contributed by atoms with Crippen LogP contribution in [0.1, 0.15) is 11.1 Å². The molecule has 1 heterocycles. The number of urea groups is 2. The van der Waals surface area contributed by atoms with Crippen LogP contribution in [0.5, 0.6) is 0 Å². The van der Waals surface area contributed by atoms with E-state index in [-0.39, 0.29) is 12.1 Å². The van der Waals surface area contributed by atoms with Crippen molar-refractivity contribution in [2.75, 3.05) is 36.2 Å². The lowest BCUT2D eigenvalue weighted by molar-refractivity contribution is 0.152. The number of nitrogens with one attached hydrogen (secondary N) is 3. The molecule has 0 atom stereocenters. The first-order chi connectivity index (χ1) is 15.5. The molecule has 0 spiro atoms. The van der Waals surface area contributed by atoms with E-state index in [2.05, 4.69) is 20.9 Å². The number of carbonyl (C=O) groups is 2. The summed E-state index contributed by atoms with van der Waals surface area (Å²) in [5.41, 5.74) is 3.66. The molecule has 0 fully saturated rings. The number of benzene rings is 2. The Morgan fingerprint density at radius 1 is 0.969 bits per heavy atom. The van der Waals surface area contributed by atoms with Crippen molar-refractivity contribution in [3.05, 3.63) is 84.2 Å². The molecule has 0 saturated heterocycles. The van der Waals surface area contributed by atoms with Crippen LogP contribution in [-0.2, 0) is 11.3 Å². The second-order valence-electron chi connectivity index (χ2n) is 7.18. The maximum absolute atomic E-state index is 13.0. The number of rotatable bonds is 8. The van der Waals surface area contributed by atoms with Crippen molar-refractivity contribution < 1.29 is 14.3 Å². The Balaban J connectivity index is 1.67. The fourth-order valence-electron chi connectivity index (χ4n) is 3.01. The summed E-state index contributed by atoms with van der Waals surface area (Å²) in [6.45, 7) is 3.13. The minimum Gasteiger partial charge on any atom is -0.383 e. The summed E-state index contributed by atoms with van der Waals surface area (Å²) < 4.78 is 5.15. The van der Waals surface area contributed by atoms with Gasteiger partial charge in [-0.3, -0.25) is 4.98 Å². The number of para-hydroxylation sites is 1. The number of amides is 4. The Morgan fingerprint density at radius 2 is 1.75 bits per heavy atom. The number of nitrogens with zero attached hydrogens (tertiary/aromatic N) is 2. The number of methoxy groups -OCH3 is 1. The summed E-state index contributed by atoms with van der Waals surface area (Å²) >= 11 is 0. The quantitative estimate of drug-likeness (QED) is 0.479. The number of carbonyl (C=O) groups excluding carboxylic acids is 2. The largest absolute Gasteiger partial charge is 0.383 e. The van der Waals surface area contributed by atoms with Gasteiger partial charge < -0.3 is 25.6 Å². The second-order valence-corrected chi connectivity index (χ2v) is 7.18. The lowest BCUT2D eigenvalue weighted by Crippen LogP contribution is -2.37. The standard InChI is InChI=1S/C24H27N5O3/c1-18-10-11-21(27-23(30)26-20-8-4-3-5-9-20)15-22(18)28-24(31)29(13-14-32-2)17-19-7-6-12-25-16-19/h3-12,15-16H,13-14,17H2,1-2H3,(H,28,31)(H2,26,27,30). The summed E-state index contributed by atoms with van der Waals surface area (Å²) in [5.74, 6) is 0. The zero-order chi connectivity index (χ0) is 22.8. The Hall–Kier alpha value is -3.91. The molecule has 32 heavy (non-hydrogen) atoms. The monoisotopic (exact) mass is 433 g/mol.